The summed E-state index contributed by atoms with van der Waals surface area (Å²) in [5.74, 6) is 6.15. The third kappa shape index (κ3) is 8.54. The molecule has 0 radical (unpaired) electrons. The van der Waals surface area contributed by atoms with Crippen LogP contribution in [0.3, 0.4) is 0 Å². The summed E-state index contributed by atoms with van der Waals surface area (Å²) in [6.45, 7) is 6.32. The number of alkyl halides is 2. The predicted octanol–water partition coefficient (Wildman–Crippen LogP) is 4.63. The number of anilines is 2. The normalized spacial score (nSPS) is 22.9. The number of hydrogen-bond acceptors (Lipinski definition) is 11. The maximum atomic E-state index is 14.3. The van der Waals surface area contributed by atoms with Gasteiger partial charge in [0, 0.05) is 64.0 Å². The Hall–Kier alpha value is -5.97. The maximum Gasteiger partial charge on any atom is 0.329 e. The van der Waals surface area contributed by atoms with E-state index in [4.69, 9.17) is 14.5 Å². The Bertz CT molecular complexity index is 2740. The standard InChI is InChI=1S/C46H53F2N11O6/c1-54-40-30(4-2-6-35(40)59(45(54)63)36-11-12-38(60)52-44(36)62)5-3-23-65-32-13-18-55(19-14-32)25-29-7-9-31(10-8-29)58-26-34(39(53-58)41(47)48)50-43(61)33-24-49-57-20-15-37(51-42(33)57)56-21-16-46(17-22-56)27-64-28-46/h2,4,6,15,20,24,26,29,31-32,36,41H,7-14,16-19,21-23,25,27-28H2,1H3,(H,50,61)(H,52,60,62). The second-order valence-corrected chi connectivity index (χ2v) is 18.4. The zero-order chi connectivity index (χ0) is 44.8. The molecule has 3 amide bonds. The van der Waals surface area contributed by atoms with Crippen molar-refractivity contribution in [2.75, 3.05) is 62.8 Å². The number of nitrogens with one attached hydrogen (secondary N) is 2. The molecule has 1 saturated carbocycles. The number of aromatic nitrogens is 7. The van der Waals surface area contributed by atoms with Crippen LogP contribution < -0.4 is 21.2 Å². The lowest BCUT2D eigenvalue weighted by molar-refractivity contribution is -0.135. The van der Waals surface area contributed by atoms with Crippen molar-refractivity contribution in [3.05, 3.63) is 70.2 Å². The Labute approximate surface area is 373 Å². The molecule has 4 aromatic heterocycles. The number of piperidine rings is 3. The molecule has 4 aliphatic heterocycles. The van der Waals surface area contributed by atoms with Crippen LogP contribution in [0.5, 0.6) is 0 Å². The highest BCUT2D eigenvalue weighted by molar-refractivity contribution is 6.08. The lowest BCUT2D eigenvalue weighted by Crippen LogP contribution is -2.51. The van der Waals surface area contributed by atoms with E-state index in [-0.39, 0.29) is 59.9 Å². The highest BCUT2D eigenvalue weighted by atomic mass is 19.3. The van der Waals surface area contributed by atoms with E-state index in [9.17, 15) is 28.0 Å². The second kappa shape index (κ2) is 17.8. The molecule has 10 rings (SSSR count). The van der Waals surface area contributed by atoms with E-state index in [1.807, 2.05) is 18.2 Å². The van der Waals surface area contributed by atoms with Gasteiger partial charge in [-0.15, -0.1) is 0 Å². The van der Waals surface area contributed by atoms with Crippen molar-refractivity contribution in [1.82, 2.24) is 43.7 Å². The van der Waals surface area contributed by atoms with Gasteiger partial charge in [0.25, 0.3) is 12.3 Å². The third-order valence-corrected chi connectivity index (χ3v) is 14.3. The van der Waals surface area contributed by atoms with Crippen LogP contribution in [-0.4, -0.2) is 115 Å². The van der Waals surface area contributed by atoms with Crippen molar-refractivity contribution in [2.45, 2.75) is 88.8 Å². The Morgan fingerprint density at radius 1 is 1.03 bits per heavy atom. The molecule has 8 heterocycles. The molecule has 1 aromatic carbocycles. The number of imide groups is 1. The summed E-state index contributed by atoms with van der Waals surface area (Å²) >= 11 is 0. The molecule has 2 N–H and O–H groups in total. The number of rotatable bonds is 10. The van der Waals surface area contributed by atoms with Gasteiger partial charge in [-0.3, -0.25) is 33.5 Å². The number of imidazole rings is 1. The number of para-hydroxylation sites is 1. The van der Waals surface area contributed by atoms with Gasteiger partial charge in [0.05, 0.1) is 53.8 Å². The van der Waals surface area contributed by atoms with E-state index in [0.29, 0.717) is 28.2 Å². The van der Waals surface area contributed by atoms with Crippen LogP contribution in [0.2, 0.25) is 0 Å². The van der Waals surface area contributed by atoms with Gasteiger partial charge in [-0.05, 0) is 81.9 Å². The molecule has 342 valence electrons. The van der Waals surface area contributed by atoms with E-state index in [1.54, 1.807) is 30.2 Å². The highest BCUT2D eigenvalue weighted by Gasteiger charge is 2.41. The summed E-state index contributed by atoms with van der Waals surface area (Å²) in [4.78, 5) is 60.6. The highest BCUT2D eigenvalue weighted by Crippen LogP contribution is 2.40. The Kier molecular flexibility index (Phi) is 11.7. The van der Waals surface area contributed by atoms with Gasteiger partial charge in [-0.2, -0.15) is 10.2 Å². The molecule has 1 atom stereocenters. The number of likely N-dealkylation sites (tertiary alicyclic amines) is 1. The first-order valence-electron chi connectivity index (χ1n) is 22.7. The van der Waals surface area contributed by atoms with Crippen LogP contribution >= 0.6 is 0 Å². The summed E-state index contributed by atoms with van der Waals surface area (Å²) in [7, 11) is 1.66. The van der Waals surface area contributed by atoms with Crippen molar-refractivity contribution < 1.29 is 32.6 Å². The minimum atomic E-state index is -2.86. The number of carbonyl (C=O) groups excluding carboxylic acids is 3. The summed E-state index contributed by atoms with van der Waals surface area (Å²) in [6, 6.07) is 6.52. The van der Waals surface area contributed by atoms with Crippen molar-refractivity contribution in [1.29, 1.82) is 0 Å². The number of benzene rings is 1. The fraction of sp³-hybridized carbons (Fsp3) is 0.543. The first-order chi connectivity index (χ1) is 31.5. The number of fused-ring (bicyclic) bond motifs is 2. The van der Waals surface area contributed by atoms with Crippen LogP contribution in [-0.2, 0) is 26.1 Å². The molecule has 1 unspecified atom stereocenters. The Morgan fingerprint density at radius 3 is 2.54 bits per heavy atom. The topological polar surface area (TPSA) is 175 Å². The smallest absolute Gasteiger partial charge is 0.329 e. The van der Waals surface area contributed by atoms with Gasteiger partial charge < -0.3 is 24.6 Å². The number of nitrogens with zero attached hydrogens (tertiary/aromatic N) is 9. The zero-order valence-electron chi connectivity index (χ0n) is 36.4. The number of amides is 3. The molecule has 5 aliphatic rings. The molecule has 5 fully saturated rings. The van der Waals surface area contributed by atoms with Crippen LogP contribution in [0.15, 0.2) is 47.7 Å². The molecule has 1 spiro atoms. The van der Waals surface area contributed by atoms with Gasteiger partial charge in [-0.1, -0.05) is 17.9 Å². The van der Waals surface area contributed by atoms with Crippen molar-refractivity contribution >= 4 is 45.9 Å². The molecule has 19 heteroatoms. The van der Waals surface area contributed by atoms with Crippen LogP contribution in [0.4, 0.5) is 20.3 Å². The number of hydrogen-bond donors (Lipinski definition) is 2. The van der Waals surface area contributed by atoms with Crippen LogP contribution in [0, 0.1) is 23.2 Å². The third-order valence-electron chi connectivity index (χ3n) is 14.3. The quantitative estimate of drug-likeness (QED) is 0.148. The molecular formula is C46H53F2N11O6. The fourth-order valence-corrected chi connectivity index (χ4v) is 10.4. The van der Waals surface area contributed by atoms with E-state index in [2.05, 4.69) is 42.5 Å². The van der Waals surface area contributed by atoms with Gasteiger partial charge in [-0.25, -0.2) is 23.1 Å². The minimum absolute atomic E-state index is 0.00576. The van der Waals surface area contributed by atoms with Crippen molar-refractivity contribution in [2.24, 2.45) is 18.4 Å². The van der Waals surface area contributed by atoms with E-state index in [1.165, 1.54) is 19.8 Å². The second-order valence-electron chi connectivity index (χ2n) is 18.4. The average Bonchev–Trinajstić information content (AvgIpc) is 4.00. The molecule has 1 aliphatic carbocycles. The fourth-order valence-electron chi connectivity index (χ4n) is 10.4. The molecular weight excluding hydrogens is 841 g/mol. The lowest BCUT2D eigenvalue weighted by Gasteiger charge is -2.47. The van der Waals surface area contributed by atoms with E-state index in [0.717, 1.165) is 103 Å². The van der Waals surface area contributed by atoms with Gasteiger partial charge in [0.15, 0.2) is 11.3 Å². The van der Waals surface area contributed by atoms with Gasteiger partial charge in [0.1, 0.15) is 24.0 Å². The largest absolute Gasteiger partial charge is 0.380 e. The number of carbonyl (C=O) groups is 3. The molecule has 4 saturated heterocycles. The summed E-state index contributed by atoms with van der Waals surface area (Å²) in [5.41, 5.74) is 1.93. The van der Waals surface area contributed by atoms with Crippen LogP contribution in [0.25, 0.3) is 16.7 Å². The summed E-state index contributed by atoms with van der Waals surface area (Å²) < 4.78 is 46.4. The van der Waals surface area contributed by atoms with Crippen LogP contribution in [0.1, 0.15) is 104 Å². The Balaban J connectivity index is 0.695. The first-order valence-corrected chi connectivity index (χ1v) is 22.7. The maximum absolute atomic E-state index is 14.3. The lowest BCUT2D eigenvalue weighted by atomic mass is 9.77. The van der Waals surface area contributed by atoms with Crippen molar-refractivity contribution in [3.8, 4) is 11.8 Å². The monoisotopic (exact) mass is 893 g/mol. The molecule has 5 aromatic rings. The molecule has 65 heavy (non-hydrogen) atoms. The van der Waals surface area contributed by atoms with E-state index < -0.39 is 30.0 Å². The number of halogens is 2. The zero-order valence-corrected chi connectivity index (χ0v) is 36.4. The number of ether oxygens (including phenoxy) is 2. The van der Waals surface area contributed by atoms with E-state index >= 15 is 0 Å². The minimum Gasteiger partial charge on any atom is -0.380 e. The molecule has 17 nitrogen and oxygen atoms in total. The SMILES string of the molecule is Cn1c(=O)n(C2CCC(=O)NC2=O)c2cccc(C#CCOC3CCN(CC4CCC(n5cc(NC(=O)c6cnn7ccc(N8CCC9(CC8)COC9)nc67)c(C(F)F)n5)CC4)CC3)c21. The first kappa shape index (κ1) is 43.0. The summed E-state index contributed by atoms with van der Waals surface area (Å²) in [6.07, 6.45) is 9.69. The summed E-state index contributed by atoms with van der Waals surface area (Å²) in [5, 5.41) is 13.6. The van der Waals surface area contributed by atoms with Gasteiger partial charge in [0.2, 0.25) is 11.8 Å². The average molecular weight is 894 g/mol. The van der Waals surface area contributed by atoms with Gasteiger partial charge >= 0.3 is 5.69 Å². The van der Waals surface area contributed by atoms with Crippen molar-refractivity contribution in [3.63, 3.8) is 0 Å². The Morgan fingerprint density at radius 2 is 1.82 bits per heavy atom. The predicted molar refractivity (Wildman–Crippen MR) is 235 cm³/mol. The number of aryl methyl sites for hydroxylation is 1. The molecule has 0 bridgehead atoms.